The Morgan fingerprint density at radius 2 is 1.45 bits per heavy atom. The molecule has 0 radical (unpaired) electrons. The van der Waals surface area contributed by atoms with Gasteiger partial charge in [0.1, 0.15) is 17.5 Å². The molecule has 3 saturated heterocycles. The van der Waals surface area contributed by atoms with Crippen molar-refractivity contribution in [2.24, 2.45) is 5.92 Å². The van der Waals surface area contributed by atoms with E-state index in [4.69, 9.17) is 4.74 Å². The minimum Gasteiger partial charge on any atom is -0.508 e. The molecule has 0 bridgehead atoms. The summed E-state index contributed by atoms with van der Waals surface area (Å²) in [4.78, 5) is 45.9. The molecule has 11 nitrogen and oxygen atoms in total. The first-order chi connectivity index (χ1) is 26.8. The monoisotopic (exact) mass is 741 g/mol. The number of nitrogens with zero attached hydrogens (tertiary/aromatic N) is 4. The van der Waals surface area contributed by atoms with Crippen molar-refractivity contribution in [3.05, 3.63) is 119 Å². The van der Waals surface area contributed by atoms with Gasteiger partial charge in [-0.3, -0.25) is 29.5 Å². The Morgan fingerprint density at radius 3 is 2.20 bits per heavy atom. The van der Waals surface area contributed by atoms with Crippen LogP contribution in [0.5, 0.6) is 11.5 Å². The largest absolute Gasteiger partial charge is 0.508 e. The molecule has 55 heavy (non-hydrogen) atoms. The quantitative estimate of drug-likeness (QED) is 0.225. The Hall–Kier alpha value is -5.39. The molecule has 3 amide bonds. The number of imide groups is 1. The highest BCUT2D eigenvalue weighted by Gasteiger charge is 2.44. The molecule has 3 fully saturated rings. The third-order valence-corrected chi connectivity index (χ3v) is 12.5. The molecule has 3 N–H and O–H groups in total. The Bertz CT molecular complexity index is 2080. The van der Waals surface area contributed by atoms with Crippen molar-refractivity contribution in [1.29, 1.82) is 0 Å². The molecule has 9 rings (SSSR count). The van der Waals surface area contributed by atoms with Crippen molar-refractivity contribution in [1.82, 2.24) is 15.1 Å². The Balaban J connectivity index is 0.787. The van der Waals surface area contributed by atoms with Gasteiger partial charge in [-0.25, -0.2) is 0 Å². The standard InChI is InChI=1S/C44H47N5O6/c50-33-11-13-35-39(25-33)55-27-37(29-4-2-1-3-5-29)41(35)30-6-8-31(9-7-30)47-18-16-28(17-19-47)26-46-20-22-48(23-21-46)32-10-12-34-36(24-32)44(54)49(43(34)53)38-14-15-40(51)45-42(38)52/h1-13,24-25,28,37-38,41,44,50,54H,14-23,26-27H2,(H,45,51,52). The van der Waals surface area contributed by atoms with E-state index in [1.54, 1.807) is 18.2 Å². The third kappa shape index (κ3) is 6.80. The molecule has 4 atom stereocenters. The van der Waals surface area contributed by atoms with E-state index in [-0.39, 0.29) is 42.2 Å². The molecule has 4 aromatic rings. The van der Waals surface area contributed by atoms with Crippen LogP contribution in [-0.4, -0.2) is 96.2 Å². The number of carbonyl (C=O) groups excluding carboxylic acids is 3. The summed E-state index contributed by atoms with van der Waals surface area (Å²) in [6, 6.07) is 29.9. The lowest BCUT2D eigenvalue weighted by atomic mass is 9.76. The number of piperazine rings is 1. The van der Waals surface area contributed by atoms with E-state index in [9.17, 15) is 24.6 Å². The molecule has 4 unspecified atom stereocenters. The van der Waals surface area contributed by atoms with Gasteiger partial charge in [-0.15, -0.1) is 0 Å². The van der Waals surface area contributed by atoms with Gasteiger partial charge in [-0.05, 0) is 72.7 Å². The lowest BCUT2D eigenvalue weighted by molar-refractivity contribution is -0.139. The van der Waals surface area contributed by atoms with Gasteiger partial charge in [0.15, 0.2) is 6.23 Å². The van der Waals surface area contributed by atoms with Crippen molar-refractivity contribution in [3.8, 4) is 11.5 Å². The number of amides is 3. The molecule has 5 aliphatic rings. The SMILES string of the molecule is O=C1CCC(N2C(=O)c3ccc(N4CCN(CC5CCN(c6ccc(C7c8ccc(O)cc8OCC7c7ccccc7)cc6)CC5)CC4)cc3C2O)C(=O)N1. The summed E-state index contributed by atoms with van der Waals surface area (Å²) >= 11 is 0. The van der Waals surface area contributed by atoms with Crippen LogP contribution in [0.3, 0.4) is 0 Å². The van der Waals surface area contributed by atoms with Crippen molar-refractivity contribution >= 4 is 29.1 Å². The number of anilines is 2. The molecule has 4 aromatic carbocycles. The average molecular weight is 742 g/mol. The fourth-order valence-electron chi connectivity index (χ4n) is 9.43. The first-order valence-corrected chi connectivity index (χ1v) is 19.6. The van der Waals surface area contributed by atoms with E-state index in [1.807, 2.05) is 24.3 Å². The molecule has 0 saturated carbocycles. The van der Waals surface area contributed by atoms with E-state index >= 15 is 0 Å². The number of hydrogen-bond acceptors (Lipinski definition) is 9. The summed E-state index contributed by atoms with van der Waals surface area (Å²) < 4.78 is 6.17. The summed E-state index contributed by atoms with van der Waals surface area (Å²) in [7, 11) is 0. The van der Waals surface area contributed by atoms with E-state index in [0.717, 1.165) is 75.7 Å². The van der Waals surface area contributed by atoms with Crippen molar-refractivity contribution in [3.63, 3.8) is 0 Å². The number of phenolic OH excluding ortho intramolecular Hbond substituents is 1. The highest BCUT2D eigenvalue weighted by molar-refractivity contribution is 6.05. The number of ether oxygens (including phenoxy) is 1. The number of phenols is 1. The zero-order valence-corrected chi connectivity index (χ0v) is 30.8. The molecule has 5 heterocycles. The van der Waals surface area contributed by atoms with Crippen LogP contribution in [-0.2, 0) is 9.59 Å². The number of aliphatic hydroxyl groups excluding tert-OH is 1. The fraction of sp³-hybridized carbons (Fsp3) is 0.386. The summed E-state index contributed by atoms with van der Waals surface area (Å²) in [5, 5.41) is 23.6. The zero-order chi connectivity index (χ0) is 37.6. The maximum Gasteiger partial charge on any atom is 0.257 e. The molecule has 0 spiro atoms. The van der Waals surface area contributed by atoms with E-state index in [1.165, 1.54) is 21.7 Å². The van der Waals surface area contributed by atoms with Gasteiger partial charge in [-0.2, -0.15) is 0 Å². The number of benzene rings is 4. The molecule has 0 aromatic heterocycles. The molecule has 284 valence electrons. The van der Waals surface area contributed by atoms with Crippen LogP contribution in [0.25, 0.3) is 0 Å². The van der Waals surface area contributed by atoms with Gasteiger partial charge in [0.05, 0.1) is 6.61 Å². The van der Waals surface area contributed by atoms with Crippen LogP contribution in [0, 0.1) is 5.92 Å². The van der Waals surface area contributed by atoms with Gasteiger partial charge >= 0.3 is 0 Å². The van der Waals surface area contributed by atoms with Gasteiger partial charge in [-0.1, -0.05) is 48.5 Å². The first kappa shape index (κ1) is 35.3. The number of hydrogen-bond donors (Lipinski definition) is 3. The fourth-order valence-corrected chi connectivity index (χ4v) is 9.43. The van der Waals surface area contributed by atoms with E-state index in [2.05, 4.69) is 68.5 Å². The summed E-state index contributed by atoms with van der Waals surface area (Å²) in [5.74, 6) is 0.647. The predicted octanol–water partition coefficient (Wildman–Crippen LogP) is 4.99. The first-order valence-electron chi connectivity index (χ1n) is 19.6. The lowest BCUT2D eigenvalue weighted by Gasteiger charge is -2.40. The number of carbonyl (C=O) groups is 3. The average Bonchev–Trinajstić information content (AvgIpc) is 3.46. The molecular weight excluding hydrogens is 695 g/mol. The van der Waals surface area contributed by atoms with Crippen molar-refractivity contribution < 1.29 is 29.3 Å². The van der Waals surface area contributed by atoms with Crippen molar-refractivity contribution in [2.75, 3.05) is 62.2 Å². The Kier molecular flexibility index (Phi) is 9.43. The van der Waals surface area contributed by atoms with Crippen molar-refractivity contribution in [2.45, 2.75) is 49.8 Å². The van der Waals surface area contributed by atoms with Crippen LogP contribution in [0.4, 0.5) is 11.4 Å². The second-order valence-electron chi connectivity index (χ2n) is 15.7. The number of aliphatic hydroxyl groups is 1. The molecule has 0 aliphatic carbocycles. The smallest absolute Gasteiger partial charge is 0.257 e. The minimum absolute atomic E-state index is 0.126. The molecular formula is C44H47N5O6. The second-order valence-corrected chi connectivity index (χ2v) is 15.7. The highest BCUT2D eigenvalue weighted by atomic mass is 16.5. The van der Waals surface area contributed by atoms with Gasteiger partial charge < -0.3 is 24.7 Å². The summed E-state index contributed by atoms with van der Waals surface area (Å²) in [6.45, 7) is 7.30. The van der Waals surface area contributed by atoms with E-state index < -0.39 is 18.2 Å². The normalized spacial score (nSPS) is 24.7. The Labute approximate surface area is 321 Å². The lowest BCUT2D eigenvalue weighted by Crippen LogP contribution is -2.53. The number of rotatable bonds is 7. The highest BCUT2D eigenvalue weighted by Crippen LogP contribution is 2.47. The number of nitrogens with one attached hydrogen (secondary N) is 1. The topological polar surface area (TPSA) is 126 Å². The van der Waals surface area contributed by atoms with Crippen LogP contribution in [0.15, 0.2) is 91.0 Å². The number of fused-ring (bicyclic) bond motifs is 2. The van der Waals surface area contributed by atoms with Crippen LogP contribution in [0.2, 0.25) is 0 Å². The third-order valence-electron chi connectivity index (χ3n) is 12.5. The number of aromatic hydroxyl groups is 1. The van der Waals surface area contributed by atoms with Crippen LogP contribution in [0.1, 0.15) is 76.4 Å². The zero-order valence-electron chi connectivity index (χ0n) is 30.8. The van der Waals surface area contributed by atoms with Gasteiger partial charge in [0.25, 0.3) is 5.91 Å². The number of piperidine rings is 2. The van der Waals surface area contributed by atoms with Gasteiger partial charge in [0, 0.05) is 98.2 Å². The van der Waals surface area contributed by atoms with Gasteiger partial charge in [0.2, 0.25) is 11.8 Å². The summed E-state index contributed by atoms with van der Waals surface area (Å²) in [5.41, 5.74) is 6.75. The predicted molar refractivity (Wildman–Crippen MR) is 208 cm³/mol. The molecule has 5 aliphatic heterocycles. The van der Waals surface area contributed by atoms with E-state index in [0.29, 0.717) is 23.7 Å². The van der Waals surface area contributed by atoms with Crippen LogP contribution < -0.4 is 19.9 Å². The maximum absolute atomic E-state index is 13.2. The Morgan fingerprint density at radius 1 is 0.727 bits per heavy atom. The summed E-state index contributed by atoms with van der Waals surface area (Å²) in [6.07, 6.45) is 1.43. The minimum atomic E-state index is -1.22. The molecule has 11 heteroatoms. The van der Waals surface area contributed by atoms with Crippen LogP contribution >= 0.6 is 0 Å². The second kappa shape index (κ2) is 14.7. The maximum atomic E-state index is 13.2.